The summed E-state index contributed by atoms with van der Waals surface area (Å²) in [5.74, 6) is 0.931. The monoisotopic (exact) mass is 835 g/mol. The highest BCUT2D eigenvalue weighted by Gasteiger charge is 2.59. The Bertz CT molecular complexity index is 1980. The summed E-state index contributed by atoms with van der Waals surface area (Å²) in [6.45, 7) is 15.3. The number of carbonyl (C=O) groups is 4. The fraction of sp³-hybridized carbons (Fsp3) is 0.644. The average Bonchev–Trinajstić information content (AvgIpc) is 3.52. The van der Waals surface area contributed by atoms with Gasteiger partial charge in [-0.3, -0.25) is 19.4 Å². The van der Waals surface area contributed by atoms with Crippen molar-refractivity contribution in [1.29, 1.82) is 0 Å². The van der Waals surface area contributed by atoms with Gasteiger partial charge in [-0.25, -0.2) is 4.79 Å². The first-order valence-corrected chi connectivity index (χ1v) is 20.7. The molecule has 15 heteroatoms. The minimum absolute atomic E-state index is 0.0817. The van der Waals surface area contributed by atoms with Gasteiger partial charge in [-0.15, -0.1) is 0 Å². The van der Waals surface area contributed by atoms with E-state index in [1.807, 2.05) is 77.0 Å². The van der Waals surface area contributed by atoms with Crippen LogP contribution in [0.15, 0.2) is 41.7 Å². The van der Waals surface area contributed by atoms with Gasteiger partial charge in [0.1, 0.15) is 12.0 Å². The van der Waals surface area contributed by atoms with Crippen molar-refractivity contribution in [3.05, 3.63) is 42.1 Å². The lowest BCUT2D eigenvalue weighted by Crippen LogP contribution is -2.60. The standard InChI is InChI=1S/C45H61N3O12/c1-13-35-45(9)40(59-43(52)60-45)27(4)36(47-54-20-16-17-31-22-32-18-14-15-19-33(32)46-24-31)25(2)23-44(8,53-12)39(28(5)37(50)29(6)41(51)57-35)58-42-38(56-30(7)49)34(48(10)11)21-26(3)55-42/h14-15,18-19,22,24-29,34-35,38-40,42H,13,20-21,23H2,1-12H3/b47-36+/t25-,26-,27+,28+,29-,34+,35-,38-,39-,40-,42+,44-,45-/m1/s1. The van der Waals surface area contributed by atoms with Gasteiger partial charge in [-0.1, -0.05) is 62.9 Å². The normalized spacial score (nSPS) is 36.0. The Morgan fingerprint density at radius 3 is 2.43 bits per heavy atom. The molecule has 0 N–H and O–H groups in total. The fourth-order valence-corrected chi connectivity index (χ4v) is 8.95. The molecule has 0 radical (unpaired) electrons. The van der Waals surface area contributed by atoms with Crippen LogP contribution in [0, 0.1) is 35.5 Å². The minimum Gasteiger partial charge on any atom is -0.457 e. The summed E-state index contributed by atoms with van der Waals surface area (Å²) in [4.78, 5) is 66.1. The van der Waals surface area contributed by atoms with Crippen molar-refractivity contribution in [2.75, 3.05) is 27.8 Å². The molecule has 1 aromatic carbocycles. The van der Waals surface area contributed by atoms with Crippen molar-refractivity contribution in [3.8, 4) is 11.8 Å². The van der Waals surface area contributed by atoms with Crippen molar-refractivity contribution in [3.63, 3.8) is 0 Å². The van der Waals surface area contributed by atoms with Crippen LogP contribution in [0.4, 0.5) is 4.79 Å². The Labute approximate surface area is 353 Å². The highest BCUT2D eigenvalue weighted by atomic mass is 16.8. The van der Waals surface area contributed by atoms with Crippen LogP contribution in [-0.2, 0) is 52.4 Å². The van der Waals surface area contributed by atoms with E-state index >= 15 is 0 Å². The van der Waals surface area contributed by atoms with Gasteiger partial charge in [0.25, 0.3) is 0 Å². The lowest BCUT2D eigenvalue weighted by molar-refractivity contribution is -0.297. The number of nitrogens with zero attached hydrogens (tertiary/aromatic N) is 3. The third-order valence-electron chi connectivity index (χ3n) is 12.2. The SMILES string of the molecule is CC[C@H]1OC(=O)[C@H](C)C(=O)[C@H](C)[C@@H](O[C@@H]2O[C@H](C)C[C@H](N(C)C)[C@H]2OC(C)=O)[C@](C)(OC)C[C@@H](C)/C(=N\OCC#Cc2cnc3ccccc3c2)[C@H](C)[C@H]2OC(=O)O[C@@]21C. The van der Waals surface area contributed by atoms with Crippen molar-refractivity contribution >= 4 is 40.5 Å². The number of pyridine rings is 1. The van der Waals surface area contributed by atoms with E-state index in [0.717, 1.165) is 10.9 Å². The Hall–Kier alpha value is -4.62. The predicted octanol–water partition coefficient (Wildman–Crippen LogP) is 5.88. The zero-order chi connectivity index (χ0) is 44.1. The molecule has 0 saturated carbocycles. The molecule has 15 nitrogen and oxygen atoms in total. The molecule has 3 fully saturated rings. The van der Waals surface area contributed by atoms with Gasteiger partial charge in [0.05, 0.1) is 35.1 Å². The molecule has 3 saturated heterocycles. The number of cyclic esters (lactones) is 1. The molecule has 60 heavy (non-hydrogen) atoms. The van der Waals surface area contributed by atoms with Crippen molar-refractivity contribution in [1.82, 2.24) is 9.88 Å². The predicted molar refractivity (Wildman–Crippen MR) is 220 cm³/mol. The van der Waals surface area contributed by atoms with E-state index in [-0.39, 0.29) is 31.6 Å². The lowest BCUT2D eigenvalue weighted by atomic mass is 9.74. The molecule has 1 aromatic heterocycles. The molecule has 328 valence electrons. The maximum absolute atomic E-state index is 14.5. The van der Waals surface area contributed by atoms with Gasteiger partial charge < -0.3 is 42.9 Å². The number of likely N-dealkylation sites (N-methyl/N-ethyl adjacent to an activating group) is 1. The maximum Gasteiger partial charge on any atom is 0.509 e. The molecule has 0 amide bonds. The van der Waals surface area contributed by atoms with Crippen LogP contribution >= 0.6 is 0 Å². The number of carbonyl (C=O) groups excluding carboxylic acids is 4. The molecule has 3 aliphatic heterocycles. The minimum atomic E-state index is -1.46. The summed E-state index contributed by atoms with van der Waals surface area (Å²) in [5.41, 5.74) is -0.692. The van der Waals surface area contributed by atoms with Crippen molar-refractivity contribution < 1.29 is 57.2 Å². The second-order valence-corrected chi connectivity index (χ2v) is 17.0. The average molecular weight is 836 g/mol. The van der Waals surface area contributed by atoms with Crippen LogP contribution < -0.4 is 0 Å². The van der Waals surface area contributed by atoms with Crippen molar-refractivity contribution in [2.24, 2.45) is 28.8 Å². The number of ketones is 1. The Balaban J connectivity index is 1.57. The number of Topliss-reactive ketones (excluding diaryl/α,β-unsaturated/α-hetero) is 1. The molecule has 2 aromatic rings. The van der Waals surface area contributed by atoms with Crippen LogP contribution in [0.2, 0.25) is 0 Å². The van der Waals surface area contributed by atoms with Crippen molar-refractivity contribution in [2.45, 2.75) is 136 Å². The molecular weight excluding hydrogens is 775 g/mol. The Morgan fingerprint density at radius 1 is 1.05 bits per heavy atom. The summed E-state index contributed by atoms with van der Waals surface area (Å²) < 4.78 is 43.1. The van der Waals surface area contributed by atoms with Crippen LogP contribution in [0.1, 0.15) is 87.1 Å². The number of fused-ring (bicyclic) bond motifs is 2. The number of hydrogen-bond donors (Lipinski definition) is 0. The highest BCUT2D eigenvalue weighted by molar-refractivity contribution is 6.00. The Kier molecular flexibility index (Phi) is 15.0. The molecule has 13 atom stereocenters. The number of esters is 2. The second-order valence-electron chi connectivity index (χ2n) is 17.0. The molecule has 0 unspecified atom stereocenters. The second kappa shape index (κ2) is 19.4. The van der Waals surface area contributed by atoms with E-state index in [1.165, 1.54) is 21.0 Å². The van der Waals surface area contributed by atoms with Crippen LogP contribution in [-0.4, -0.2) is 121 Å². The highest BCUT2D eigenvalue weighted by Crippen LogP contribution is 2.42. The van der Waals surface area contributed by atoms with E-state index in [0.29, 0.717) is 17.7 Å². The molecule has 0 bridgehead atoms. The molecule has 0 aliphatic carbocycles. The third kappa shape index (κ3) is 10.1. The summed E-state index contributed by atoms with van der Waals surface area (Å²) in [5, 5.41) is 5.60. The maximum atomic E-state index is 14.5. The third-order valence-corrected chi connectivity index (χ3v) is 12.2. The lowest BCUT2D eigenvalue weighted by Gasteiger charge is -2.47. The Morgan fingerprint density at radius 2 is 1.77 bits per heavy atom. The zero-order valence-electron chi connectivity index (χ0n) is 36.9. The number of aromatic nitrogens is 1. The van der Waals surface area contributed by atoms with Gasteiger partial charge in [0, 0.05) is 48.9 Å². The van der Waals surface area contributed by atoms with E-state index in [4.69, 9.17) is 38.0 Å². The van der Waals surface area contributed by atoms with Gasteiger partial charge >= 0.3 is 18.1 Å². The first kappa shape index (κ1) is 46.4. The smallest absolute Gasteiger partial charge is 0.457 e. The van der Waals surface area contributed by atoms with E-state index in [2.05, 4.69) is 22.0 Å². The number of hydrogen-bond acceptors (Lipinski definition) is 15. The van der Waals surface area contributed by atoms with E-state index in [9.17, 15) is 19.2 Å². The molecule has 3 aliphatic rings. The fourth-order valence-electron chi connectivity index (χ4n) is 8.95. The number of rotatable bonds is 8. The van der Waals surface area contributed by atoms with Crippen LogP contribution in [0.5, 0.6) is 0 Å². The molecule has 5 rings (SSSR count). The van der Waals surface area contributed by atoms with Gasteiger partial charge in [0.2, 0.25) is 0 Å². The largest absolute Gasteiger partial charge is 0.509 e. The van der Waals surface area contributed by atoms with Gasteiger partial charge in [-0.05, 0) is 73.2 Å². The molecule has 0 spiro atoms. The molecular formula is C45H61N3O12. The first-order valence-electron chi connectivity index (χ1n) is 20.7. The quantitative estimate of drug-likeness (QED) is 0.0772. The zero-order valence-corrected chi connectivity index (χ0v) is 36.9. The van der Waals surface area contributed by atoms with E-state index in [1.54, 1.807) is 27.0 Å². The first-order chi connectivity index (χ1) is 28.3. The number of benzene rings is 1. The number of methoxy groups -OCH3 is 1. The number of para-hydroxylation sites is 1. The van der Waals surface area contributed by atoms with Crippen LogP contribution in [0.3, 0.4) is 0 Å². The summed E-state index contributed by atoms with van der Waals surface area (Å²) in [7, 11) is 5.28. The van der Waals surface area contributed by atoms with Crippen LogP contribution in [0.25, 0.3) is 10.9 Å². The molecule has 4 heterocycles. The number of ether oxygens (including phenoxy) is 7. The summed E-state index contributed by atoms with van der Waals surface area (Å²) in [6, 6.07) is 9.42. The number of oxime groups is 1. The summed E-state index contributed by atoms with van der Waals surface area (Å²) >= 11 is 0. The van der Waals surface area contributed by atoms with Gasteiger partial charge in [-0.2, -0.15) is 0 Å². The topological polar surface area (TPSA) is 171 Å². The summed E-state index contributed by atoms with van der Waals surface area (Å²) in [6.07, 6.45) is -3.55. The van der Waals surface area contributed by atoms with Gasteiger partial charge in [0.15, 0.2) is 36.5 Å². The van der Waals surface area contributed by atoms with E-state index < -0.39 is 89.5 Å².